The largest absolute Gasteiger partial charge is 0.297 e. The monoisotopic (exact) mass is 298 g/mol. The van der Waals surface area contributed by atoms with Crippen molar-refractivity contribution in [3.05, 3.63) is 66.4 Å². The van der Waals surface area contributed by atoms with Crippen LogP contribution in [0.15, 0.2) is 59.6 Å². The Hall–Kier alpha value is -2.07. The highest BCUT2D eigenvalue weighted by Crippen LogP contribution is 2.26. The number of nitrogens with zero attached hydrogens (tertiary/aromatic N) is 2. The summed E-state index contributed by atoms with van der Waals surface area (Å²) in [6, 6.07) is 14.8. The van der Waals surface area contributed by atoms with E-state index >= 15 is 0 Å². The topological polar surface area (TPSA) is 17.8 Å². The first kappa shape index (κ1) is 13.9. The number of benzene rings is 2. The number of hydrogen-bond acceptors (Lipinski definition) is 2. The van der Waals surface area contributed by atoms with Gasteiger partial charge in [-0.2, -0.15) is 0 Å². The summed E-state index contributed by atoms with van der Waals surface area (Å²) >= 11 is 1.72. The van der Waals surface area contributed by atoms with Gasteiger partial charge in [0.1, 0.15) is 11.6 Å². The van der Waals surface area contributed by atoms with Gasteiger partial charge in [0, 0.05) is 16.1 Å². The second kappa shape index (κ2) is 5.74. The maximum atomic E-state index is 13.1. The van der Waals surface area contributed by atoms with Gasteiger partial charge < -0.3 is 0 Å². The van der Waals surface area contributed by atoms with Crippen LogP contribution < -0.4 is 0 Å². The zero-order valence-electron chi connectivity index (χ0n) is 11.9. The number of aryl methyl sites for hydroxylation is 1. The minimum atomic E-state index is -0.234. The molecule has 0 atom stereocenters. The lowest BCUT2D eigenvalue weighted by Crippen LogP contribution is -1.99. The molecule has 2 nitrogen and oxygen atoms in total. The molecule has 3 aromatic rings. The standard InChI is InChI=1S/C17H15FN2S/c1-12-19-11-17(13-3-9-16(21-2)10-4-13)20(12)15-7-5-14(18)6-8-15/h3-11H,1-2H3. The zero-order valence-corrected chi connectivity index (χ0v) is 12.7. The van der Waals surface area contributed by atoms with Crippen molar-refractivity contribution in [2.45, 2.75) is 11.8 Å². The van der Waals surface area contributed by atoms with Gasteiger partial charge in [-0.25, -0.2) is 9.37 Å². The molecule has 0 saturated carbocycles. The van der Waals surface area contributed by atoms with Gasteiger partial charge >= 0.3 is 0 Å². The van der Waals surface area contributed by atoms with Crippen molar-refractivity contribution in [3.63, 3.8) is 0 Å². The summed E-state index contributed by atoms with van der Waals surface area (Å²) in [5, 5.41) is 0. The Bertz CT molecular complexity index is 745. The maximum Gasteiger partial charge on any atom is 0.123 e. The summed E-state index contributed by atoms with van der Waals surface area (Å²) in [7, 11) is 0. The summed E-state index contributed by atoms with van der Waals surface area (Å²) in [6.07, 6.45) is 3.91. The van der Waals surface area contributed by atoms with E-state index in [1.807, 2.05) is 17.7 Å². The Morgan fingerprint density at radius 3 is 2.29 bits per heavy atom. The van der Waals surface area contributed by atoms with Crippen LogP contribution >= 0.6 is 11.8 Å². The van der Waals surface area contributed by atoms with E-state index in [1.54, 1.807) is 23.9 Å². The van der Waals surface area contributed by atoms with Crippen molar-refractivity contribution in [1.82, 2.24) is 9.55 Å². The lowest BCUT2D eigenvalue weighted by molar-refractivity contribution is 0.627. The second-order valence-electron chi connectivity index (χ2n) is 4.73. The van der Waals surface area contributed by atoms with Gasteiger partial charge in [0.2, 0.25) is 0 Å². The molecule has 106 valence electrons. The first-order chi connectivity index (χ1) is 10.2. The predicted octanol–water partition coefficient (Wildman–Crippen LogP) is 4.71. The fourth-order valence-electron chi connectivity index (χ4n) is 2.33. The Kier molecular flexibility index (Phi) is 3.80. The van der Waals surface area contributed by atoms with Crippen LogP contribution in [0.5, 0.6) is 0 Å². The first-order valence-electron chi connectivity index (χ1n) is 6.64. The Morgan fingerprint density at radius 1 is 1.00 bits per heavy atom. The van der Waals surface area contributed by atoms with Crippen molar-refractivity contribution in [2.24, 2.45) is 0 Å². The second-order valence-corrected chi connectivity index (χ2v) is 5.61. The lowest BCUT2D eigenvalue weighted by Gasteiger charge is -2.11. The molecular weight excluding hydrogens is 283 g/mol. The van der Waals surface area contributed by atoms with Crippen molar-refractivity contribution in [1.29, 1.82) is 0 Å². The van der Waals surface area contributed by atoms with Gasteiger partial charge in [-0.15, -0.1) is 11.8 Å². The summed E-state index contributed by atoms with van der Waals surface area (Å²) in [6.45, 7) is 1.95. The molecule has 0 fully saturated rings. The normalized spacial score (nSPS) is 10.8. The molecule has 0 unspecified atom stereocenters. The van der Waals surface area contributed by atoms with Crippen molar-refractivity contribution in [3.8, 4) is 16.9 Å². The van der Waals surface area contributed by atoms with Crippen LogP contribution in [-0.4, -0.2) is 15.8 Å². The summed E-state index contributed by atoms with van der Waals surface area (Å²) in [5.74, 6) is 0.646. The number of thioether (sulfide) groups is 1. The molecule has 1 aromatic heterocycles. The summed E-state index contributed by atoms with van der Waals surface area (Å²) < 4.78 is 15.1. The van der Waals surface area contributed by atoms with Crippen LogP contribution in [0.1, 0.15) is 5.82 Å². The molecule has 0 saturated heterocycles. The molecule has 0 spiro atoms. The van der Waals surface area contributed by atoms with E-state index in [0.29, 0.717) is 0 Å². The Labute approximate surface area is 127 Å². The molecule has 3 rings (SSSR count). The fraction of sp³-hybridized carbons (Fsp3) is 0.118. The smallest absolute Gasteiger partial charge is 0.123 e. The fourth-order valence-corrected chi connectivity index (χ4v) is 2.73. The predicted molar refractivity (Wildman–Crippen MR) is 85.5 cm³/mol. The number of halogens is 1. The number of aromatic nitrogens is 2. The Morgan fingerprint density at radius 2 is 1.67 bits per heavy atom. The molecule has 0 radical (unpaired) electrons. The zero-order chi connectivity index (χ0) is 14.8. The molecule has 0 aliphatic heterocycles. The van der Waals surface area contributed by atoms with E-state index in [1.165, 1.54) is 17.0 Å². The van der Waals surface area contributed by atoms with E-state index in [9.17, 15) is 4.39 Å². The minimum Gasteiger partial charge on any atom is -0.297 e. The van der Waals surface area contributed by atoms with Crippen molar-refractivity contribution < 1.29 is 4.39 Å². The van der Waals surface area contributed by atoms with Crippen LogP contribution in [0.2, 0.25) is 0 Å². The first-order valence-corrected chi connectivity index (χ1v) is 7.86. The molecule has 21 heavy (non-hydrogen) atoms. The highest BCUT2D eigenvalue weighted by Gasteiger charge is 2.10. The maximum absolute atomic E-state index is 13.1. The third-order valence-corrected chi connectivity index (χ3v) is 4.15. The van der Waals surface area contributed by atoms with Gasteiger partial charge in [-0.3, -0.25) is 4.57 Å². The van der Waals surface area contributed by atoms with E-state index < -0.39 is 0 Å². The Balaban J connectivity index is 2.09. The van der Waals surface area contributed by atoms with Crippen LogP contribution in [-0.2, 0) is 0 Å². The molecule has 2 aromatic carbocycles. The number of imidazole rings is 1. The van der Waals surface area contributed by atoms with Crippen LogP contribution in [0.4, 0.5) is 4.39 Å². The molecule has 0 N–H and O–H groups in total. The summed E-state index contributed by atoms with van der Waals surface area (Å²) in [5.41, 5.74) is 3.01. The molecule has 0 amide bonds. The van der Waals surface area contributed by atoms with E-state index in [0.717, 1.165) is 22.8 Å². The summed E-state index contributed by atoms with van der Waals surface area (Å²) in [4.78, 5) is 5.62. The third-order valence-electron chi connectivity index (χ3n) is 3.41. The van der Waals surface area contributed by atoms with Gasteiger partial charge in [0.25, 0.3) is 0 Å². The SMILES string of the molecule is CSc1ccc(-c2cnc(C)n2-c2ccc(F)cc2)cc1. The number of rotatable bonds is 3. The van der Waals surface area contributed by atoms with Crippen molar-refractivity contribution in [2.75, 3.05) is 6.26 Å². The van der Waals surface area contributed by atoms with Crippen LogP contribution in [0.25, 0.3) is 16.9 Å². The van der Waals surface area contributed by atoms with Crippen LogP contribution in [0, 0.1) is 12.7 Å². The minimum absolute atomic E-state index is 0.234. The van der Waals surface area contributed by atoms with Crippen molar-refractivity contribution >= 4 is 11.8 Å². The molecule has 0 bridgehead atoms. The van der Waals surface area contributed by atoms with Gasteiger partial charge in [-0.1, -0.05) is 12.1 Å². The quantitative estimate of drug-likeness (QED) is 0.652. The molecule has 1 heterocycles. The molecular formula is C17H15FN2S. The highest BCUT2D eigenvalue weighted by atomic mass is 32.2. The third kappa shape index (κ3) is 2.72. The average Bonchev–Trinajstić information content (AvgIpc) is 2.90. The van der Waals surface area contributed by atoms with Gasteiger partial charge in [-0.05, 0) is 49.6 Å². The van der Waals surface area contributed by atoms with E-state index in [2.05, 4.69) is 35.5 Å². The molecule has 4 heteroatoms. The lowest BCUT2D eigenvalue weighted by atomic mass is 10.1. The molecule has 0 aliphatic rings. The average molecular weight is 298 g/mol. The highest BCUT2D eigenvalue weighted by molar-refractivity contribution is 7.98. The van der Waals surface area contributed by atoms with Gasteiger partial charge in [0.15, 0.2) is 0 Å². The number of hydrogen-bond donors (Lipinski definition) is 0. The van der Waals surface area contributed by atoms with E-state index in [-0.39, 0.29) is 5.82 Å². The molecule has 0 aliphatic carbocycles. The van der Waals surface area contributed by atoms with Gasteiger partial charge in [0.05, 0.1) is 11.9 Å². The van der Waals surface area contributed by atoms with Crippen LogP contribution in [0.3, 0.4) is 0 Å². The van der Waals surface area contributed by atoms with E-state index in [4.69, 9.17) is 0 Å².